The van der Waals surface area contributed by atoms with Crippen molar-refractivity contribution in [3.05, 3.63) is 35.9 Å². The van der Waals surface area contributed by atoms with Gasteiger partial charge in [0.1, 0.15) is 0 Å². The third-order valence-electron chi connectivity index (χ3n) is 1.84. The lowest BCUT2D eigenvalue weighted by Gasteiger charge is -2.17. The van der Waals surface area contributed by atoms with Gasteiger partial charge < -0.3 is 5.21 Å². The van der Waals surface area contributed by atoms with E-state index < -0.39 is 0 Å². The Morgan fingerprint density at radius 1 is 1.27 bits per heavy atom. The van der Waals surface area contributed by atoms with Crippen LogP contribution in [0.1, 0.15) is 18.5 Å². The molecule has 1 atom stereocenters. The Bertz CT molecular complexity index is 208. The van der Waals surface area contributed by atoms with Crippen molar-refractivity contribution in [2.24, 2.45) is 0 Å². The van der Waals surface area contributed by atoms with E-state index in [2.05, 4.69) is 0 Å². The van der Waals surface area contributed by atoms with Crippen molar-refractivity contribution >= 4 is 0 Å². The molecule has 1 rings (SSSR count). The molecule has 1 N–H and O–H groups in total. The van der Waals surface area contributed by atoms with Gasteiger partial charge in [-0.3, -0.25) is 0 Å². The summed E-state index contributed by atoms with van der Waals surface area (Å²) in [6.07, 6.45) is 0. The first kappa shape index (κ1) is 8.24. The predicted octanol–water partition coefficient (Wildman–Crippen LogP) is 2.07. The molecule has 60 valence electrons. The summed E-state index contributed by atoms with van der Waals surface area (Å²) in [6, 6.07) is 9.96. The Labute approximate surface area is 67.0 Å². The zero-order valence-electron chi connectivity index (χ0n) is 6.86. The van der Waals surface area contributed by atoms with E-state index in [1.807, 2.05) is 37.3 Å². The second-order valence-corrected chi connectivity index (χ2v) is 2.66. The van der Waals surface area contributed by atoms with Crippen molar-refractivity contribution in [1.82, 2.24) is 5.06 Å². The van der Waals surface area contributed by atoms with E-state index in [0.29, 0.717) is 0 Å². The highest BCUT2D eigenvalue weighted by atomic mass is 16.5. The van der Waals surface area contributed by atoms with Gasteiger partial charge in [-0.2, -0.15) is 5.06 Å². The van der Waals surface area contributed by atoms with E-state index in [0.717, 1.165) is 5.56 Å². The van der Waals surface area contributed by atoms with Crippen molar-refractivity contribution < 1.29 is 5.21 Å². The van der Waals surface area contributed by atoms with Gasteiger partial charge in [-0.05, 0) is 12.5 Å². The van der Waals surface area contributed by atoms with Crippen LogP contribution in [0.3, 0.4) is 0 Å². The number of rotatable bonds is 2. The van der Waals surface area contributed by atoms with Crippen LogP contribution in [0.4, 0.5) is 0 Å². The van der Waals surface area contributed by atoms with Gasteiger partial charge in [0.25, 0.3) is 0 Å². The molecule has 0 aliphatic heterocycles. The number of hydrogen-bond acceptors (Lipinski definition) is 2. The molecule has 0 amide bonds. The Morgan fingerprint density at radius 3 is 2.27 bits per heavy atom. The minimum atomic E-state index is 0.0659. The van der Waals surface area contributed by atoms with Gasteiger partial charge in [0.05, 0.1) is 6.04 Å². The lowest BCUT2D eigenvalue weighted by atomic mass is 10.1. The van der Waals surface area contributed by atoms with E-state index >= 15 is 0 Å². The lowest BCUT2D eigenvalue weighted by molar-refractivity contribution is -0.0984. The molecule has 0 fully saturated rings. The van der Waals surface area contributed by atoms with E-state index in [1.54, 1.807) is 7.05 Å². The molecular weight excluding hydrogens is 138 g/mol. The average Bonchev–Trinajstić information content (AvgIpc) is 2.05. The summed E-state index contributed by atoms with van der Waals surface area (Å²) in [5.74, 6) is 0. The second kappa shape index (κ2) is 3.51. The molecule has 1 aromatic carbocycles. The van der Waals surface area contributed by atoms with Crippen LogP contribution >= 0.6 is 0 Å². The maximum absolute atomic E-state index is 9.11. The summed E-state index contributed by atoms with van der Waals surface area (Å²) < 4.78 is 0. The highest BCUT2D eigenvalue weighted by Crippen LogP contribution is 2.15. The number of hydrogen-bond donors (Lipinski definition) is 1. The fourth-order valence-electron chi connectivity index (χ4n) is 0.947. The summed E-state index contributed by atoms with van der Waals surface area (Å²) in [6.45, 7) is 1.95. The molecule has 0 saturated heterocycles. The first-order valence-electron chi connectivity index (χ1n) is 3.68. The zero-order chi connectivity index (χ0) is 8.27. The summed E-state index contributed by atoms with van der Waals surface area (Å²) in [5, 5.41) is 10.3. The largest absolute Gasteiger partial charge is 0.314 e. The van der Waals surface area contributed by atoms with Gasteiger partial charge in [-0.1, -0.05) is 30.3 Å². The quantitative estimate of drug-likeness (QED) is 0.654. The molecule has 2 nitrogen and oxygen atoms in total. The molecule has 0 saturated carbocycles. The molecule has 1 aromatic rings. The zero-order valence-corrected chi connectivity index (χ0v) is 6.86. The van der Waals surface area contributed by atoms with E-state index in [9.17, 15) is 0 Å². The Morgan fingerprint density at radius 2 is 1.82 bits per heavy atom. The summed E-state index contributed by atoms with van der Waals surface area (Å²) in [5.41, 5.74) is 1.12. The van der Waals surface area contributed by atoms with Crippen LogP contribution in [-0.2, 0) is 0 Å². The van der Waals surface area contributed by atoms with Gasteiger partial charge in [0, 0.05) is 7.05 Å². The van der Waals surface area contributed by atoms with Gasteiger partial charge in [0.2, 0.25) is 0 Å². The fourth-order valence-corrected chi connectivity index (χ4v) is 0.947. The third kappa shape index (κ3) is 2.03. The van der Waals surface area contributed by atoms with Crippen LogP contribution in [0.15, 0.2) is 30.3 Å². The molecular formula is C9H13NO. The topological polar surface area (TPSA) is 23.5 Å². The SMILES string of the molecule is C[C@H](c1ccccc1)N(C)O. The molecule has 0 bridgehead atoms. The van der Waals surface area contributed by atoms with Crippen LogP contribution in [-0.4, -0.2) is 17.3 Å². The molecule has 0 spiro atoms. The third-order valence-corrected chi connectivity index (χ3v) is 1.84. The summed E-state index contributed by atoms with van der Waals surface area (Å²) in [7, 11) is 1.65. The number of hydroxylamine groups is 2. The summed E-state index contributed by atoms with van der Waals surface area (Å²) >= 11 is 0. The standard InChI is InChI=1S/C9H13NO/c1-8(10(2)11)9-6-4-3-5-7-9/h3-8,11H,1-2H3/t8-/m1/s1. The Hall–Kier alpha value is -0.860. The minimum absolute atomic E-state index is 0.0659. The minimum Gasteiger partial charge on any atom is -0.314 e. The van der Waals surface area contributed by atoms with Crippen LogP contribution in [0.25, 0.3) is 0 Å². The first-order valence-corrected chi connectivity index (χ1v) is 3.68. The normalized spacial score (nSPS) is 13.5. The highest BCUT2D eigenvalue weighted by Gasteiger charge is 2.06. The van der Waals surface area contributed by atoms with Crippen LogP contribution in [0.5, 0.6) is 0 Å². The molecule has 0 aliphatic rings. The molecule has 2 heteroatoms. The van der Waals surface area contributed by atoms with E-state index in [4.69, 9.17) is 5.21 Å². The van der Waals surface area contributed by atoms with Crippen LogP contribution < -0.4 is 0 Å². The number of nitrogens with zero attached hydrogens (tertiary/aromatic N) is 1. The molecule has 0 unspecified atom stereocenters. The van der Waals surface area contributed by atoms with Crippen molar-refractivity contribution in [2.75, 3.05) is 7.05 Å². The average molecular weight is 151 g/mol. The molecule has 0 radical (unpaired) electrons. The van der Waals surface area contributed by atoms with Gasteiger partial charge in [0.15, 0.2) is 0 Å². The van der Waals surface area contributed by atoms with Crippen LogP contribution in [0, 0.1) is 0 Å². The van der Waals surface area contributed by atoms with Crippen molar-refractivity contribution in [3.63, 3.8) is 0 Å². The maximum Gasteiger partial charge on any atom is 0.0568 e. The summed E-state index contributed by atoms with van der Waals surface area (Å²) in [4.78, 5) is 0. The smallest absolute Gasteiger partial charge is 0.0568 e. The fraction of sp³-hybridized carbons (Fsp3) is 0.333. The van der Waals surface area contributed by atoms with E-state index in [1.165, 1.54) is 5.06 Å². The number of benzene rings is 1. The second-order valence-electron chi connectivity index (χ2n) is 2.66. The van der Waals surface area contributed by atoms with Crippen LogP contribution in [0.2, 0.25) is 0 Å². The van der Waals surface area contributed by atoms with Crippen molar-refractivity contribution in [1.29, 1.82) is 0 Å². The van der Waals surface area contributed by atoms with Gasteiger partial charge in [-0.15, -0.1) is 0 Å². The lowest BCUT2D eigenvalue weighted by Crippen LogP contribution is -2.17. The van der Waals surface area contributed by atoms with Gasteiger partial charge >= 0.3 is 0 Å². The first-order chi connectivity index (χ1) is 5.22. The highest BCUT2D eigenvalue weighted by molar-refractivity contribution is 5.17. The Kier molecular flexibility index (Phi) is 2.63. The maximum atomic E-state index is 9.11. The van der Waals surface area contributed by atoms with Gasteiger partial charge in [-0.25, -0.2) is 0 Å². The molecule has 11 heavy (non-hydrogen) atoms. The van der Waals surface area contributed by atoms with Crippen molar-refractivity contribution in [3.8, 4) is 0 Å². The molecule has 0 aromatic heterocycles. The van der Waals surface area contributed by atoms with Crippen molar-refractivity contribution in [2.45, 2.75) is 13.0 Å². The predicted molar refractivity (Wildman–Crippen MR) is 44.4 cm³/mol. The monoisotopic (exact) mass is 151 g/mol. The molecule has 0 aliphatic carbocycles. The Balaban J connectivity index is 2.77. The molecule has 0 heterocycles. The van der Waals surface area contributed by atoms with E-state index in [-0.39, 0.29) is 6.04 Å².